The highest BCUT2D eigenvalue weighted by Crippen LogP contribution is 2.41. The van der Waals surface area contributed by atoms with Crippen LogP contribution in [0, 0.1) is 0 Å². The van der Waals surface area contributed by atoms with Crippen LogP contribution in [0.25, 0.3) is 16.5 Å². The predicted octanol–water partition coefficient (Wildman–Crippen LogP) is 9.68. The molecule has 0 radical (unpaired) electrons. The van der Waals surface area contributed by atoms with E-state index in [9.17, 15) is 14.2 Å². The number of anilines is 4. The van der Waals surface area contributed by atoms with Gasteiger partial charge in [-0.15, -0.1) is 0 Å². The van der Waals surface area contributed by atoms with E-state index in [0.717, 1.165) is 27.7 Å². The molecule has 0 unspecified atom stereocenters. The molecule has 3 amide bonds. The molecule has 0 atom stereocenters. The van der Waals surface area contributed by atoms with Crippen LogP contribution in [-0.4, -0.2) is 94.8 Å². The van der Waals surface area contributed by atoms with Crippen LogP contribution in [0.15, 0.2) is 103 Å². The van der Waals surface area contributed by atoms with E-state index < -0.39 is 13.2 Å². The number of urea groups is 1. The standard InChI is InChI=1S/C43H48N7O6P.C4H10O2/c1-43(2,3)38-26-40(50(49-38)31-12-10-11-28(21-31)27-57(6,7)53)48-42(52)47-36-15-16-37(35-14-9-8-13-34(35)36)56-32-17-18-44-39(25-32)46-30-22-29(23-33(24-30)55-5)41(51)45-19-20-54-4;1-5-3-4-6-2/h8-18,21-26H,19-20,27H2,1-7H3,(H,44,46)(H,45,51)(H2,47,48,52);3-4H2,1-2H3. The van der Waals surface area contributed by atoms with Crippen molar-refractivity contribution in [3.05, 3.63) is 120 Å². The lowest BCUT2D eigenvalue weighted by molar-refractivity contribution is 0.0936. The number of methoxy groups -OCH3 is 4. The lowest BCUT2D eigenvalue weighted by Crippen LogP contribution is -2.27. The number of amides is 3. The van der Waals surface area contributed by atoms with Gasteiger partial charge in [0, 0.05) is 85.9 Å². The first-order chi connectivity index (χ1) is 30.1. The fourth-order valence-corrected chi connectivity index (χ4v) is 7.35. The van der Waals surface area contributed by atoms with Crippen LogP contribution in [0.3, 0.4) is 0 Å². The average molecular weight is 880 g/mol. The molecule has 0 fully saturated rings. The second kappa shape index (κ2) is 22.2. The van der Waals surface area contributed by atoms with E-state index >= 15 is 0 Å². The largest absolute Gasteiger partial charge is 0.497 e. The van der Waals surface area contributed by atoms with Crippen molar-refractivity contribution in [1.29, 1.82) is 0 Å². The van der Waals surface area contributed by atoms with E-state index in [2.05, 4.69) is 56.5 Å². The Morgan fingerprint density at radius 3 is 2.17 bits per heavy atom. The molecule has 0 spiro atoms. The fourth-order valence-electron chi connectivity index (χ4n) is 6.27. The molecule has 0 saturated heterocycles. The number of hydrogen-bond acceptors (Lipinski definition) is 11. The summed E-state index contributed by atoms with van der Waals surface area (Å²) in [6, 6.07) is 29.0. The van der Waals surface area contributed by atoms with Crippen LogP contribution in [0.2, 0.25) is 0 Å². The minimum Gasteiger partial charge on any atom is -0.497 e. The average Bonchev–Trinajstić information content (AvgIpc) is 3.68. The van der Waals surface area contributed by atoms with Crippen LogP contribution in [0.4, 0.5) is 27.8 Å². The van der Waals surface area contributed by atoms with E-state index in [1.54, 1.807) is 88.0 Å². The van der Waals surface area contributed by atoms with Gasteiger partial charge in [-0.1, -0.05) is 57.2 Å². The number of pyridine rings is 1. The Morgan fingerprint density at radius 1 is 0.762 bits per heavy atom. The quantitative estimate of drug-likeness (QED) is 0.0507. The summed E-state index contributed by atoms with van der Waals surface area (Å²) in [5.74, 6) is 2.32. The number of carbonyl (C=O) groups excluding carboxylic acids is 2. The minimum absolute atomic E-state index is 0.258. The fraction of sp³-hybridized carbons (Fsp3) is 0.319. The van der Waals surface area contributed by atoms with Crippen molar-refractivity contribution in [1.82, 2.24) is 20.1 Å². The maximum atomic E-state index is 13.7. The van der Waals surface area contributed by atoms with Crippen molar-refractivity contribution in [2.75, 3.05) is 84.1 Å². The maximum Gasteiger partial charge on any atom is 0.324 e. The third kappa shape index (κ3) is 14.1. The molecule has 334 valence electrons. The van der Waals surface area contributed by atoms with Gasteiger partial charge in [-0.3, -0.25) is 10.1 Å². The Kier molecular flexibility index (Phi) is 16.8. The molecule has 0 aliphatic carbocycles. The summed E-state index contributed by atoms with van der Waals surface area (Å²) in [7, 11) is 4.11. The molecule has 0 aliphatic rings. The molecule has 6 rings (SSSR count). The van der Waals surface area contributed by atoms with Gasteiger partial charge in [0.1, 0.15) is 28.9 Å². The molecule has 0 aliphatic heterocycles. The highest BCUT2D eigenvalue weighted by molar-refractivity contribution is 7.61. The van der Waals surface area contributed by atoms with Crippen molar-refractivity contribution in [3.8, 4) is 22.9 Å². The molecule has 2 heterocycles. The van der Waals surface area contributed by atoms with E-state index in [4.69, 9.17) is 19.3 Å². The SMILES string of the molecule is COCCNC(=O)c1cc(Nc2cc(Oc3ccc(NC(=O)Nc4cc(C(C)(C)C)nn4-c4cccc(CP(C)(C)=O)c4)c4ccccc34)ccn2)cc(OC)c1.COCCOC. The number of benzene rings is 4. The Bertz CT molecular complexity index is 2530. The van der Waals surface area contributed by atoms with Gasteiger partial charge in [0.15, 0.2) is 0 Å². The number of nitrogens with zero attached hydrogens (tertiary/aromatic N) is 3. The number of carbonyl (C=O) groups is 2. The first kappa shape index (κ1) is 47.8. The van der Waals surface area contributed by atoms with Crippen molar-refractivity contribution in [2.24, 2.45) is 0 Å². The van der Waals surface area contributed by atoms with Gasteiger partial charge in [0.2, 0.25) is 0 Å². The van der Waals surface area contributed by atoms with Crippen LogP contribution in [-0.2, 0) is 30.4 Å². The number of fused-ring (bicyclic) bond motifs is 1. The number of aromatic nitrogens is 3. The molecule has 15 nitrogen and oxygen atoms in total. The summed E-state index contributed by atoms with van der Waals surface area (Å²) >= 11 is 0. The third-order valence-corrected chi connectivity index (χ3v) is 10.4. The van der Waals surface area contributed by atoms with Gasteiger partial charge < -0.3 is 44.2 Å². The molecular weight excluding hydrogens is 822 g/mol. The van der Waals surface area contributed by atoms with Gasteiger partial charge in [-0.25, -0.2) is 14.5 Å². The minimum atomic E-state index is -2.31. The molecule has 0 bridgehead atoms. The summed E-state index contributed by atoms with van der Waals surface area (Å²) in [4.78, 5) is 30.9. The Balaban J connectivity index is 0.00000116. The van der Waals surface area contributed by atoms with Crippen LogP contribution >= 0.6 is 7.14 Å². The second-order valence-electron chi connectivity index (χ2n) is 16.0. The van der Waals surface area contributed by atoms with E-state index in [1.807, 2.05) is 54.6 Å². The highest BCUT2D eigenvalue weighted by atomic mass is 31.2. The molecule has 4 N–H and O–H groups in total. The monoisotopic (exact) mass is 879 g/mol. The zero-order valence-electron chi connectivity index (χ0n) is 37.4. The first-order valence-electron chi connectivity index (χ1n) is 20.3. The molecule has 63 heavy (non-hydrogen) atoms. The van der Waals surface area contributed by atoms with Crippen LogP contribution in [0.1, 0.15) is 42.4 Å². The summed E-state index contributed by atoms with van der Waals surface area (Å²) in [6.45, 7) is 11.9. The smallest absolute Gasteiger partial charge is 0.324 e. The van der Waals surface area contributed by atoms with E-state index in [1.165, 1.54) is 7.11 Å². The second-order valence-corrected chi connectivity index (χ2v) is 19.5. The Morgan fingerprint density at radius 2 is 1.49 bits per heavy atom. The summed E-state index contributed by atoms with van der Waals surface area (Å²) in [5.41, 5.74) is 3.81. The van der Waals surface area contributed by atoms with Gasteiger partial charge in [0.25, 0.3) is 5.91 Å². The summed E-state index contributed by atoms with van der Waals surface area (Å²) < 4.78 is 40.5. The molecule has 16 heteroatoms. The van der Waals surface area contributed by atoms with Gasteiger partial charge in [-0.05, 0) is 61.4 Å². The Hall–Kier alpha value is -6.25. The summed E-state index contributed by atoms with van der Waals surface area (Å²) in [5, 5.41) is 18.5. The number of hydrogen-bond donors (Lipinski definition) is 4. The Labute approximate surface area is 369 Å². The van der Waals surface area contributed by atoms with Crippen LogP contribution in [0.5, 0.6) is 17.2 Å². The lowest BCUT2D eigenvalue weighted by atomic mass is 9.92. The zero-order chi connectivity index (χ0) is 45.6. The number of rotatable bonds is 17. The zero-order valence-corrected chi connectivity index (χ0v) is 38.3. The molecular formula is C47H58N7O8P. The molecule has 0 saturated carbocycles. The van der Waals surface area contributed by atoms with Gasteiger partial charge in [-0.2, -0.15) is 5.10 Å². The third-order valence-electron chi connectivity index (χ3n) is 9.29. The normalized spacial score (nSPS) is 11.3. The van der Waals surface area contributed by atoms with E-state index in [-0.39, 0.29) is 11.3 Å². The summed E-state index contributed by atoms with van der Waals surface area (Å²) in [6.07, 6.45) is 2.09. The van der Waals surface area contributed by atoms with Crippen LogP contribution < -0.4 is 30.7 Å². The van der Waals surface area contributed by atoms with E-state index in [0.29, 0.717) is 78.3 Å². The van der Waals surface area contributed by atoms with Gasteiger partial charge in [0.05, 0.1) is 51.1 Å². The molecule has 2 aromatic heterocycles. The van der Waals surface area contributed by atoms with Crippen molar-refractivity contribution in [2.45, 2.75) is 32.3 Å². The predicted molar refractivity (Wildman–Crippen MR) is 251 cm³/mol. The maximum absolute atomic E-state index is 13.7. The molecule has 6 aromatic rings. The number of nitrogens with one attached hydrogen (secondary N) is 4. The topological polar surface area (TPSA) is 176 Å². The first-order valence-corrected chi connectivity index (χ1v) is 23.1. The lowest BCUT2D eigenvalue weighted by Gasteiger charge is -2.15. The molecule has 4 aromatic carbocycles. The van der Waals surface area contributed by atoms with Crippen molar-refractivity contribution >= 4 is 52.9 Å². The van der Waals surface area contributed by atoms with Crippen molar-refractivity contribution < 1.29 is 37.8 Å². The van der Waals surface area contributed by atoms with Gasteiger partial charge >= 0.3 is 6.03 Å². The highest BCUT2D eigenvalue weighted by Gasteiger charge is 2.23. The van der Waals surface area contributed by atoms with Crippen molar-refractivity contribution in [3.63, 3.8) is 0 Å². The number of ether oxygens (including phenoxy) is 5.